The van der Waals surface area contributed by atoms with Gasteiger partial charge in [0, 0.05) is 0 Å². The average Bonchev–Trinajstić information content (AvgIpc) is 2.28. The van der Waals surface area contributed by atoms with Crippen LogP contribution < -0.4 is 0 Å². The first kappa shape index (κ1) is 11.7. The van der Waals surface area contributed by atoms with Crippen LogP contribution in [-0.4, -0.2) is 5.11 Å². The Morgan fingerprint density at radius 1 is 0.882 bits per heavy atom. The Bertz CT molecular complexity index is 500. The van der Waals surface area contributed by atoms with Crippen molar-refractivity contribution in [1.29, 1.82) is 0 Å². The van der Waals surface area contributed by atoms with Gasteiger partial charge in [0.1, 0.15) is 17.7 Å². The van der Waals surface area contributed by atoms with Gasteiger partial charge in [-0.3, -0.25) is 0 Å². The smallest absolute Gasteiger partial charge is 0.123 e. The van der Waals surface area contributed by atoms with E-state index in [4.69, 9.17) is 0 Å². The van der Waals surface area contributed by atoms with Gasteiger partial charge in [-0.1, -0.05) is 18.2 Å². The summed E-state index contributed by atoms with van der Waals surface area (Å²) in [6.45, 7) is 1.75. The SMILES string of the molecule is Cc1cc(F)cc(C(O)c2ccc(F)cc2)c1. The highest BCUT2D eigenvalue weighted by molar-refractivity contribution is 5.32. The number of halogens is 2. The number of aliphatic hydroxyl groups excluding tert-OH is 1. The summed E-state index contributed by atoms with van der Waals surface area (Å²) in [7, 11) is 0. The molecule has 0 fully saturated rings. The molecule has 0 spiro atoms. The van der Waals surface area contributed by atoms with Gasteiger partial charge in [0.05, 0.1) is 0 Å². The van der Waals surface area contributed by atoms with Gasteiger partial charge in [0.15, 0.2) is 0 Å². The van der Waals surface area contributed by atoms with E-state index in [0.29, 0.717) is 11.1 Å². The van der Waals surface area contributed by atoms with Gasteiger partial charge in [-0.15, -0.1) is 0 Å². The molecule has 0 saturated carbocycles. The van der Waals surface area contributed by atoms with E-state index in [1.54, 1.807) is 13.0 Å². The molecule has 0 radical (unpaired) electrons. The predicted molar refractivity (Wildman–Crippen MR) is 61.6 cm³/mol. The third-order valence-electron chi connectivity index (χ3n) is 2.57. The fraction of sp³-hybridized carbons (Fsp3) is 0.143. The van der Waals surface area contributed by atoms with Crippen molar-refractivity contribution < 1.29 is 13.9 Å². The number of benzene rings is 2. The van der Waals surface area contributed by atoms with E-state index >= 15 is 0 Å². The van der Waals surface area contributed by atoms with Gasteiger partial charge in [0.2, 0.25) is 0 Å². The molecule has 0 aliphatic carbocycles. The first-order valence-corrected chi connectivity index (χ1v) is 5.27. The van der Waals surface area contributed by atoms with Crippen LogP contribution in [0.2, 0.25) is 0 Å². The van der Waals surface area contributed by atoms with Crippen LogP contribution in [-0.2, 0) is 0 Å². The van der Waals surface area contributed by atoms with Crippen LogP contribution in [0.5, 0.6) is 0 Å². The van der Waals surface area contributed by atoms with E-state index in [1.807, 2.05) is 0 Å². The lowest BCUT2D eigenvalue weighted by molar-refractivity contribution is 0.219. The quantitative estimate of drug-likeness (QED) is 0.844. The second-order valence-electron chi connectivity index (χ2n) is 4.02. The zero-order valence-corrected chi connectivity index (χ0v) is 9.32. The van der Waals surface area contributed by atoms with Crippen LogP contribution in [0.15, 0.2) is 42.5 Å². The van der Waals surface area contributed by atoms with Crippen LogP contribution in [0.3, 0.4) is 0 Å². The van der Waals surface area contributed by atoms with Crippen molar-refractivity contribution in [3.63, 3.8) is 0 Å². The normalized spacial score (nSPS) is 12.5. The lowest BCUT2D eigenvalue weighted by atomic mass is 10.00. The maximum absolute atomic E-state index is 13.2. The summed E-state index contributed by atoms with van der Waals surface area (Å²) in [6, 6.07) is 9.88. The standard InChI is InChI=1S/C14H12F2O/c1-9-6-11(8-13(16)7-9)14(17)10-2-4-12(15)5-3-10/h2-8,14,17H,1H3. The third-order valence-corrected chi connectivity index (χ3v) is 2.57. The molecule has 17 heavy (non-hydrogen) atoms. The van der Waals surface area contributed by atoms with Crippen molar-refractivity contribution >= 4 is 0 Å². The Balaban J connectivity index is 2.36. The van der Waals surface area contributed by atoms with Crippen LogP contribution in [0, 0.1) is 18.6 Å². The molecule has 88 valence electrons. The molecule has 1 N–H and O–H groups in total. The lowest BCUT2D eigenvalue weighted by Crippen LogP contribution is -2.00. The molecule has 3 heteroatoms. The molecule has 2 rings (SSSR count). The summed E-state index contributed by atoms with van der Waals surface area (Å²) in [5.74, 6) is -0.752. The Labute approximate surface area is 98.3 Å². The minimum atomic E-state index is -0.940. The summed E-state index contributed by atoms with van der Waals surface area (Å²) < 4.78 is 25.9. The highest BCUT2D eigenvalue weighted by Crippen LogP contribution is 2.23. The van der Waals surface area contributed by atoms with Crippen LogP contribution in [0.25, 0.3) is 0 Å². The van der Waals surface area contributed by atoms with Crippen LogP contribution in [0.1, 0.15) is 22.8 Å². The summed E-state index contributed by atoms with van der Waals surface area (Å²) in [6.07, 6.45) is -0.940. The number of hydrogen-bond donors (Lipinski definition) is 1. The Hall–Kier alpha value is -1.74. The molecule has 2 aromatic rings. The van der Waals surface area contributed by atoms with Crippen molar-refractivity contribution in [2.45, 2.75) is 13.0 Å². The van der Waals surface area contributed by atoms with E-state index in [2.05, 4.69) is 0 Å². The van der Waals surface area contributed by atoms with Gasteiger partial charge in [-0.2, -0.15) is 0 Å². The Morgan fingerprint density at radius 3 is 2.12 bits per heavy atom. The third kappa shape index (κ3) is 2.68. The first-order chi connectivity index (χ1) is 8.06. The molecule has 2 aromatic carbocycles. The van der Waals surface area contributed by atoms with E-state index in [1.165, 1.54) is 36.4 Å². The first-order valence-electron chi connectivity index (χ1n) is 5.27. The molecule has 0 aliphatic heterocycles. The molecular formula is C14H12F2O. The van der Waals surface area contributed by atoms with Gasteiger partial charge in [-0.25, -0.2) is 8.78 Å². The minimum Gasteiger partial charge on any atom is -0.384 e. The van der Waals surface area contributed by atoms with Crippen molar-refractivity contribution in [2.24, 2.45) is 0 Å². The molecule has 0 amide bonds. The maximum atomic E-state index is 13.2. The molecule has 1 nitrogen and oxygen atoms in total. The zero-order valence-electron chi connectivity index (χ0n) is 9.32. The largest absolute Gasteiger partial charge is 0.384 e. The van der Waals surface area contributed by atoms with Crippen molar-refractivity contribution in [3.8, 4) is 0 Å². The summed E-state index contributed by atoms with van der Waals surface area (Å²) in [4.78, 5) is 0. The fourth-order valence-electron chi connectivity index (χ4n) is 1.76. The topological polar surface area (TPSA) is 20.2 Å². The average molecular weight is 234 g/mol. The molecule has 0 aromatic heterocycles. The monoisotopic (exact) mass is 234 g/mol. The van der Waals surface area contributed by atoms with E-state index in [0.717, 1.165) is 5.56 Å². The summed E-state index contributed by atoms with van der Waals surface area (Å²) >= 11 is 0. The zero-order chi connectivity index (χ0) is 12.4. The van der Waals surface area contributed by atoms with Gasteiger partial charge in [0.25, 0.3) is 0 Å². The number of aliphatic hydroxyl groups is 1. The van der Waals surface area contributed by atoms with Crippen LogP contribution >= 0.6 is 0 Å². The minimum absolute atomic E-state index is 0.364. The number of aryl methyl sites for hydroxylation is 1. The summed E-state index contributed by atoms with van der Waals surface area (Å²) in [5.41, 5.74) is 1.74. The second kappa shape index (κ2) is 4.63. The van der Waals surface area contributed by atoms with Gasteiger partial charge in [-0.05, 0) is 47.9 Å². The highest BCUT2D eigenvalue weighted by Gasteiger charge is 2.11. The molecular weight excluding hydrogens is 222 g/mol. The maximum Gasteiger partial charge on any atom is 0.123 e. The van der Waals surface area contributed by atoms with Crippen molar-refractivity contribution in [3.05, 3.63) is 70.8 Å². The second-order valence-corrected chi connectivity index (χ2v) is 4.02. The number of hydrogen-bond acceptors (Lipinski definition) is 1. The highest BCUT2D eigenvalue weighted by atomic mass is 19.1. The number of rotatable bonds is 2. The fourth-order valence-corrected chi connectivity index (χ4v) is 1.76. The molecule has 0 aliphatic rings. The van der Waals surface area contributed by atoms with Crippen molar-refractivity contribution in [1.82, 2.24) is 0 Å². The van der Waals surface area contributed by atoms with Gasteiger partial charge >= 0.3 is 0 Å². The van der Waals surface area contributed by atoms with E-state index < -0.39 is 6.10 Å². The Morgan fingerprint density at radius 2 is 1.53 bits per heavy atom. The van der Waals surface area contributed by atoms with Gasteiger partial charge < -0.3 is 5.11 Å². The molecule has 0 heterocycles. The molecule has 0 bridgehead atoms. The van der Waals surface area contributed by atoms with E-state index in [9.17, 15) is 13.9 Å². The van der Waals surface area contributed by atoms with Crippen molar-refractivity contribution in [2.75, 3.05) is 0 Å². The molecule has 1 atom stereocenters. The Kier molecular flexibility index (Phi) is 3.20. The predicted octanol–water partition coefficient (Wildman–Crippen LogP) is 3.35. The van der Waals surface area contributed by atoms with Crippen LogP contribution in [0.4, 0.5) is 8.78 Å². The molecule has 1 unspecified atom stereocenters. The lowest BCUT2D eigenvalue weighted by Gasteiger charge is -2.12. The van der Waals surface area contributed by atoms with E-state index in [-0.39, 0.29) is 11.6 Å². The molecule has 0 saturated heterocycles. The summed E-state index contributed by atoms with van der Waals surface area (Å²) in [5, 5.41) is 10.0.